The van der Waals surface area contributed by atoms with Crippen molar-refractivity contribution in [1.82, 2.24) is 10.6 Å². The first-order valence-corrected chi connectivity index (χ1v) is 9.95. The number of guanidine groups is 1. The molecule has 0 atom stereocenters. The highest BCUT2D eigenvalue weighted by Crippen LogP contribution is 2.45. The largest absolute Gasteiger partial charge is 0.356 e. The van der Waals surface area contributed by atoms with Crippen LogP contribution in [0.25, 0.3) is 0 Å². The van der Waals surface area contributed by atoms with Gasteiger partial charge in [-0.25, -0.2) is 8.42 Å². The normalized spacial score (nSPS) is 17.0. The second-order valence-electron chi connectivity index (χ2n) is 6.81. The highest BCUT2D eigenvalue weighted by Gasteiger charge is 2.45. The van der Waals surface area contributed by atoms with E-state index >= 15 is 0 Å². The number of halogens is 1. The molecule has 2 N–H and O–H groups in total. The van der Waals surface area contributed by atoms with Gasteiger partial charge in [-0.05, 0) is 25.2 Å². The van der Waals surface area contributed by atoms with E-state index in [1.54, 1.807) is 7.05 Å². The van der Waals surface area contributed by atoms with Crippen LogP contribution in [0.1, 0.15) is 46.0 Å². The van der Waals surface area contributed by atoms with Gasteiger partial charge in [0.15, 0.2) is 5.96 Å². The predicted molar refractivity (Wildman–Crippen MR) is 105 cm³/mol. The molecule has 0 aliphatic heterocycles. The predicted octanol–water partition coefficient (Wildman–Crippen LogP) is 2.42. The summed E-state index contributed by atoms with van der Waals surface area (Å²) in [4.78, 5) is 4.19. The zero-order valence-corrected chi connectivity index (χ0v) is 17.5. The molecule has 0 unspecified atom stereocenters. The first kappa shape index (κ1) is 21.9. The van der Waals surface area contributed by atoms with Gasteiger partial charge in [-0.1, -0.05) is 26.7 Å². The fraction of sp³-hybridized carbons (Fsp3) is 0.933. The Balaban J connectivity index is 0.00000441. The summed E-state index contributed by atoms with van der Waals surface area (Å²) in [5.41, 5.74) is -0.0666. The number of hydrogen-bond acceptors (Lipinski definition) is 3. The maximum atomic E-state index is 11.4. The van der Waals surface area contributed by atoms with Gasteiger partial charge in [0.1, 0.15) is 9.84 Å². The van der Waals surface area contributed by atoms with Crippen LogP contribution >= 0.6 is 24.0 Å². The quantitative estimate of drug-likeness (QED) is 0.248. The van der Waals surface area contributed by atoms with Gasteiger partial charge >= 0.3 is 0 Å². The topological polar surface area (TPSA) is 70.6 Å². The molecular formula is C15H32IN3O2S. The summed E-state index contributed by atoms with van der Waals surface area (Å²) in [5.74, 6) is 1.81. The molecule has 0 spiro atoms. The molecular weight excluding hydrogens is 413 g/mol. The van der Waals surface area contributed by atoms with Crippen LogP contribution < -0.4 is 10.6 Å². The molecule has 5 nitrogen and oxygen atoms in total. The Hall–Kier alpha value is -0.0500. The summed E-state index contributed by atoms with van der Waals surface area (Å²) < 4.78 is 22.9. The number of nitrogens with zero attached hydrogens (tertiary/aromatic N) is 1. The zero-order chi connectivity index (χ0) is 15.9. The minimum Gasteiger partial charge on any atom is -0.356 e. The standard InChI is InChI=1S/C15H31N3O2S.HI/c1-13(2)7-5-6-10-17-14(16-3)18-11-15(8-9-15)12-21(4,19)20;/h13H,5-12H2,1-4H3,(H2,16,17,18);1H. The Morgan fingerprint density at radius 1 is 1.23 bits per heavy atom. The third-order valence-electron chi connectivity index (χ3n) is 3.88. The lowest BCUT2D eigenvalue weighted by atomic mass is 10.1. The number of unbranched alkanes of at least 4 members (excludes halogenated alkanes) is 1. The van der Waals surface area contributed by atoms with Crippen molar-refractivity contribution in [1.29, 1.82) is 0 Å². The molecule has 0 aromatic heterocycles. The van der Waals surface area contributed by atoms with Crippen molar-refractivity contribution >= 4 is 39.8 Å². The van der Waals surface area contributed by atoms with Crippen molar-refractivity contribution in [3.8, 4) is 0 Å². The average molecular weight is 445 g/mol. The van der Waals surface area contributed by atoms with Gasteiger partial charge in [-0.2, -0.15) is 0 Å². The number of rotatable bonds is 9. The molecule has 0 amide bonds. The lowest BCUT2D eigenvalue weighted by Gasteiger charge is -2.17. The Kier molecular flexibility index (Phi) is 9.93. The smallest absolute Gasteiger partial charge is 0.190 e. The van der Waals surface area contributed by atoms with E-state index in [1.807, 2.05) is 0 Å². The molecule has 1 aliphatic rings. The summed E-state index contributed by atoms with van der Waals surface area (Å²) in [7, 11) is -1.16. The van der Waals surface area contributed by atoms with Gasteiger partial charge in [-0.3, -0.25) is 4.99 Å². The Bertz CT molecular complexity index is 446. The first-order chi connectivity index (χ1) is 9.76. The summed E-state index contributed by atoms with van der Waals surface area (Å²) >= 11 is 0. The Labute approximate surface area is 153 Å². The molecule has 0 radical (unpaired) electrons. The fourth-order valence-corrected chi connectivity index (χ4v) is 3.98. The molecule has 0 bridgehead atoms. The average Bonchev–Trinajstić information content (AvgIpc) is 3.10. The van der Waals surface area contributed by atoms with Crippen molar-refractivity contribution in [3.63, 3.8) is 0 Å². The summed E-state index contributed by atoms with van der Waals surface area (Å²) in [6.07, 6.45) is 6.89. The molecule has 1 saturated carbocycles. The van der Waals surface area contributed by atoms with Gasteiger partial charge in [0.25, 0.3) is 0 Å². The number of aliphatic imine (C=N–C) groups is 1. The van der Waals surface area contributed by atoms with Gasteiger partial charge in [0.05, 0.1) is 5.75 Å². The minimum atomic E-state index is -2.91. The fourth-order valence-electron chi connectivity index (χ4n) is 2.48. The van der Waals surface area contributed by atoms with Crippen LogP contribution in [-0.4, -0.2) is 46.5 Å². The SMILES string of the molecule is CN=C(NCCCCC(C)C)NCC1(CS(C)(=O)=O)CC1.I. The summed E-state index contributed by atoms with van der Waals surface area (Å²) in [6, 6.07) is 0. The highest BCUT2D eigenvalue weighted by molar-refractivity contribution is 14.0. The van der Waals surface area contributed by atoms with E-state index in [4.69, 9.17) is 0 Å². The zero-order valence-electron chi connectivity index (χ0n) is 14.3. The lowest BCUT2D eigenvalue weighted by molar-refractivity contribution is 0.522. The molecule has 1 aliphatic carbocycles. The van der Waals surface area contributed by atoms with Gasteiger partial charge < -0.3 is 10.6 Å². The third-order valence-corrected chi connectivity index (χ3v) is 5.02. The van der Waals surface area contributed by atoms with Crippen molar-refractivity contribution in [2.75, 3.05) is 32.1 Å². The van der Waals surface area contributed by atoms with Crippen LogP contribution in [0.5, 0.6) is 0 Å². The van der Waals surface area contributed by atoms with Gasteiger partial charge in [-0.15, -0.1) is 24.0 Å². The second kappa shape index (κ2) is 9.95. The van der Waals surface area contributed by atoms with E-state index < -0.39 is 9.84 Å². The number of nitrogens with one attached hydrogen (secondary N) is 2. The summed E-state index contributed by atoms with van der Waals surface area (Å²) in [5, 5.41) is 6.56. The number of sulfone groups is 1. The van der Waals surface area contributed by atoms with Crippen molar-refractivity contribution in [2.24, 2.45) is 16.3 Å². The van der Waals surface area contributed by atoms with Crippen molar-refractivity contribution < 1.29 is 8.42 Å². The first-order valence-electron chi connectivity index (χ1n) is 7.89. The molecule has 0 heterocycles. The maximum Gasteiger partial charge on any atom is 0.190 e. The monoisotopic (exact) mass is 445 g/mol. The third kappa shape index (κ3) is 9.86. The molecule has 7 heteroatoms. The van der Waals surface area contributed by atoms with Crippen LogP contribution in [0.4, 0.5) is 0 Å². The molecule has 132 valence electrons. The van der Waals surface area contributed by atoms with Crippen molar-refractivity contribution in [3.05, 3.63) is 0 Å². The molecule has 0 aromatic rings. The van der Waals surface area contributed by atoms with E-state index in [0.29, 0.717) is 6.54 Å². The van der Waals surface area contributed by atoms with Crippen molar-refractivity contribution in [2.45, 2.75) is 46.0 Å². The van der Waals surface area contributed by atoms with Crippen LogP contribution in [-0.2, 0) is 9.84 Å². The van der Waals surface area contributed by atoms with Crippen LogP contribution in [0.2, 0.25) is 0 Å². The molecule has 22 heavy (non-hydrogen) atoms. The van der Waals surface area contributed by atoms with E-state index in [0.717, 1.165) is 37.7 Å². The van der Waals surface area contributed by atoms with E-state index in [9.17, 15) is 8.42 Å². The minimum absolute atomic E-state index is 0. The van der Waals surface area contributed by atoms with Crippen LogP contribution in [0.3, 0.4) is 0 Å². The molecule has 0 aromatic carbocycles. The van der Waals surface area contributed by atoms with Crippen LogP contribution in [0.15, 0.2) is 4.99 Å². The lowest BCUT2D eigenvalue weighted by Crippen LogP contribution is -2.41. The molecule has 0 saturated heterocycles. The summed E-state index contributed by atoms with van der Waals surface area (Å²) in [6.45, 7) is 6.08. The van der Waals surface area contributed by atoms with Crippen LogP contribution in [0, 0.1) is 11.3 Å². The van der Waals surface area contributed by atoms with Gasteiger partial charge in [0.2, 0.25) is 0 Å². The second-order valence-corrected chi connectivity index (χ2v) is 8.95. The molecule has 1 rings (SSSR count). The van der Waals surface area contributed by atoms with E-state index in [-0.39, 0.29) is 35.1 Å². The van der Waals surface area contributed by atoms with E-state index in [1.165, 1.54) is 19.1 Å². The Morgan fingerprint density at radius 2 is 1.86 bits per heavy atom. The maximum absolute atomic E-state index is 11.4. The number of hydrogen-bond donors (Lipinski definition) is 2. The highest BCUT2D eigenvalue weighted by atomic mass is 127. The van der Waals surface area contributed by atoms with Gasteiger partial charge in [0, 0.05) is 31.8 Å². The molecule has 1 fully saturated rings. The van der Waals surface area contributed by atoms with E-state index in [2.05, 4.69) is 29.5 Å². The Morgan fingerprint density at radius 3 is 2.32 bits per heavy atom.